The van der Waals surface area contributed by atoms with Crippen molar-refractivity contribution in [2.75, 3.05) is 4.90 Å². The van der Waals surface area contributed by atoms with Crippen LogP contribution in [0.15, 0.2) is 231 Å². The lowest BCUT2D eigenvalue weighted by Crippen LogP contribution is -2.11. The zero-order valence-electron chi connectivity index (χ0n) is 30.8. The van der Waals surface area contributed by atoms with Gasteiger partial charge in [0.05, 0.1) is 16.7 Å². The molecule has 0 fully saturated rings. The Bertz CT molecular complexity index is 2930. The van der Waals surface area contributed by atoms with Gasteiger partial charge in [-0.15, -0.1) is 0 Å². The Labute approximate surface area is 327 Å². The average molecular weight is 715 g/mol. The maximum Gasteiger partial charge on any atom is 0.0561 e. The number of anilines is 3. The van der Waals surface area contributed by atoms with Gasteiger partial charge in [-0.3, -0.25) is 0 Å². The second-order valence-corrected chi connectivity index (χ2v) is 14.1. The van der Waals surface area contributed by atoms with Crippen LogP contribution in [0.4, 0.5) is 17.1 Å². The van der Waals surface area contributed by atoms with Gasteiger partial charge in [0.2, 0.25) is 0 Å². The summed E-state index contributed by atoms with van der Waals surface area (Å²) in [5.41, 5.74) is 16.3. The Balaban J connectivity index is 1.20. The first kappa shape index (κ1) is 33.2. The van der Waals surface area contributed by atoms with Crippen molar-refractivity contribution in [3.63, 3.8) is 0 Å². The molecule has 0 unspecified atom stereocenters. The van der Waals surface area contributed by atoms with Crippen LogP contribution < -0.4 is 4.90 Å². The molecule has 0 aliphatic rings. The minimum atomic E-state index is 1.08. The van der Waals surface area contributed by atoms with Crippen molar-refractivity contribution in [3.8, 4) is 50.2 Å². The fraction of sp³-hybridized carbons (Fsp3) is 0. The number of hydrogen-bond donors (Lipinski definition) is 0. The molecule has 10 rings (SSSR count). The molecule has 0 amide bonds. The van der Waals surface area contributed by atoms with Gasteiger partial charge in [0, 0.05) is 33.4 Å². The van der Waals surface area contributed by atoms with Crippen molar-refractivity contribution in [1.82, 2.24) is 4.57 Å². The van der Waals surface area contributed by atoms with Gasteiger partial charge >= 0.3 is 0 Å². The standard InChI is InChI=1S/C54H38N2/c1-5-17-39(18-6-1)40-29-31-44(32-30-40)55(52-27-15-13-25-48(52)42-21-9-3-10-22-42)46-34-36-50-49-26-14-16-28-53(49)56(54(50)38-46)45-33-35-47(41-19-7-2-8-20-41)51(37-45)43-23-11-4-12-24-43/h1-38H. The molecular formula is C54H38N2. The van der Waals surface area contributed by atoms with Crippen LogP contribution in [0.2, 0.25) is 0 Å². The van der Waals surface area contributed by atoms with E-state index in [0.717, 1.165) is 28.3 Å². The Morgan fingerprint density at radius 3 is 1.46 bits per heavy atom. The zero-order chi connectivity index (χ0) is 37.3. The summed E-state index contributed by atoms with van der Waals surface area (Å²) in [5.74, 6) is 0. The molecule has 0 aliphatic carbocycles. The summed E-state index contributed by atoms with van der Waals surface area (Å²) in [7, 11) is 0. The second kappa shape index (κ2) is 14.4. The fourth-order valence-corrected chi connectivity index (χ4v) is 8.16. The molecule has 1 heterocycles. The van der Waals surface area contributed by atoms with Crippen molar-refractivity contribution in [2.24, 2.45) is 0 Å². The van der Waals surface area contributed by atoms with E-state index in [0.29, 0.717) is 0 Å². The highest BCUT2D eigenvalue weighted by atomic mass is 15.1. The van der Waals surface area contributed by atoms with E-state index < -0.39 is 0 Å². The first-order valence-corrected chi connectivity index (χ1v) is 19.2. The van der Waals surface area contributed by atoms with Crippen LogP contribution in [-0.4, -0.2) is 4.57 Å². The van der Waals surface area contributed by atoms with Crippen molar-refractivity contribution >= 4 is 38.9 Å². The van der Waals surface area contributed by atoms with Gasteiger partial charge < -0.3 is 9.47 Å². The van der Waals surface area contributed by atoms with E-state index in [1.807, 2.05) is 0 Å². The van der Waals surface area contributed by atoms with E-state index in [1.165, 1.54) is 60.8 Å². The lowest BCUT2D eigenvalue weighted by Gasteiger charge is -2.28. The third-order valence-corrected chi connectivity index (χ3v) is 10.8. The van der Waals surface area contributed by atoms with Crippen molar-refractivity contribution in [2.45, 2.75) is 0 Å². The zero-order valence-corrected chi connectivity index (χ0v) is 30.8. The molecule has 56 heavy (non-hydrogen) atoms. The van der Waals surface area contributed by atoms with Gasteiger partial charge in [0.1, 0.15) is 0 Å². The Hall–Kier alpha value is -7.42. The number of rotatable bonds is 8. The molecule has 0 aliphatic heterocycles. The molecule has 2 nitrogen and oxygen atoms in total. The largest absolute Gasteiger partial charge is 0.310 e. The first-order valence-electron chi connectivity index (χ1n) is 19.2. The van der Waals surface area contributed by atoms with E-state index in [4.69, 9.17) is 0 Å². The Morgan fingerprint density at radius 1 is 0.286 bits per heavy atom. The average Bonchev–Trinajstić information content (AvgIpc) is 3.61. The molecular weight excluding hydrogens is 677 g/mol. The summed E-state index contributed by atoms with van der Waals surface area (Å²) in [6.45, 7) is 0. The predicted molar refractivity (Wildman–Crippen MR) is 237 cm³/mol. The summed E-state index contributed by atoms with van der Waals surface area (Å²) >= 11 is 0. The van der Waals surface area contributed by atoms with E-state index in [9.17, 15) is 0 Å². The van der Waals surface area contributed by atoms with Gasteiger partial charge in [-0.1, -0.05) is 182 Å². The van der Waals surface area contributed by atoms with Gasteiger partial charge in [0.25, 0.3) is 0 Å². The number of aromatic nitrogens is 1. The number of fused-ring (bicyclic) bond motifs is 3. The maximum absolute atomic E-state index is 2.44. The van der Waals surface area contributed by atoms with Crippen molar-refractivity contribution in [3.05, 3.63) is 231 Å². The second-order valence-electron chi connectivity index (χ2n) is 14.1. The topological polar surface area (TPSA) is 8.17 Å². The molecule has 0 atom stereocenters. The Morgan fingerprint density at radius 2 is 0.786 bits per heavy atom. The summed E-state index contributed by atoms with van der Waals surface area (Å²) in [6.07, 6.45) is 0. The summed E-state index contributed by atoms with van der Waals surface area (Å²) in [5, 5.41) is 2.44. The highest BCUT2D eigenvalue weighted by Crippen LogP contribution is 2.44. The number of hydrogen-bond acceptors (Lipinski definition) is 1. The molecule has 0 spiro atoms. The maximum atomic E-state index is 2.44. The first-order chi connectivity index (χ1) is 27.8. The molecule has 10 aromatic rings. The lowest BCUT2D eigenvalue weighted by atomic mass is 9.94. The molecule has 0 saturated heterocycles. The van der Waals surface area contributed by atoms with Crippen LogP contribution in [0.1, 0.15) is 0 Å². The van der Waals surface area contributed by atoms with Crippen LogP contribution in [0.5, 0.6) is 0 Å². The molecule has 9 aromatic carbocycles. The quantitative estimate of drug-likeness (QED) is 0.152. The molecule has 264 valence electrons. The molecule has 2 heteroatoms. The highest BCUT2D eigenvalue weighted by molar-refractivity contribution is 6.10. The minimum Gasteiger partial charge on any atom is -0.310 e. The van der Waals surface area contributed by atoms with Crippen LogP contribution in [0.3, 0.4) is 0 Å². The van der Waals surface area contributed by atoms with Crippen molar-refractivity contribution < 1.29 is 0 Å². The molecule has 0 saturated carbocycles. The monoisotopic (exact) mass is 714 g/mol. The van der Waals surface area contributed by atoms with Gasteiger partial charge in [0.15, 0.2) is 0 Å². The van der Waals surface area contributed by atoms with E-state index in [1.54, 1.807) is 0 Å². The number of benzene rings is 9. The van der Waals surface area contributed by atoms with Crippen LogP contribution in [0.25, 0.3) is 72.0 Å². The minimum absolute atomic E-state index is 1.08. The molecule has 0 bridgehead atoms. The fourth-order valence-electron chi connectivity index (χ4n) is 8.16. The van der Waals surface area contributed by atoms with Crippen LogP contribution in [0, 0.1) is 0 Å². The predicted octanol–water partition coefficient (Wildman–Crippen LogP) is 14.9. The summed E-state index contributed by atoms with van der Waals surface area (Å²) < 4.78 is 2.44. The smallest absolute Gasteiger partial charge is 0.0561 e. The molecule has 0 N–H and O–H groups in total. The van der Waals surface area contributed by atoms with Gasteiger partial charge in [-0.05, 0) is 87.5 Å². The number of nitrogens with zero attached hydrogens (tertiary/aromatic N) is 2. The normalized spacial score (nSPS) is 11.2. The van der Waals surface area contributed by atoms with E-state index in [2.05, 4.69) is 240 Å². The van der Waals surface area contributed by atoms with E-state index >= 15 is 0 Å². The van der Waals surface area contributed by atoms with Crippen LogP contribution >= 0.6 is 0 Å². The summed E-state index contributed by atoms with van der Waals surface area (Å²) in [6, 6.07) is 83.1. The highest BCUT2D eigenvalue weighted by Gasteiger charge is 2.21. The van der Waals surface area contributed by atoms with Gasteiger partial charge in [-0.2, -0.15) is 0 Å². The third kappa shape index (κ3) is 6.04. The third-order valence-electron chi connectivity index (χ3n) is 10.8. The Kier molecular flexibility index (Phi) is 8.55. The number of para-hydroxylation sites is 2. The molecule has 1 aromatic heterocycles. The van der Waals surface area contributed by atoms with Gasteiger partial charge in [-0.25, -0.2) is 0 Å². The van der Waals surface area contributed by atoms with E-state index in [-0.39, 0.29) is 0 Å². The molecule has 0 radical (unpaired) electrons. The van der Waals surface area contributed by atoms with Crippen LogP contribution in [-0.2, 0) is 0 Å². The lowest BCUT2D eigenvalue weighted by molar-refractivity contribution is 1.18. The SMILES string of the molecule is c1ccc(-c2ccc(N(c3ccc4c5ccccc5n(-c5ccc(-c6ccccc6)c(-c6ccccc6)c5)c4c3)c3ccccc3-c3ccccc3)cc2)cc1. The van der Waals surface area contributed by atoms with Crippen molar-refractivity contribution in [1.29, 1.82) is 0 Å². The summed E-state index contributed by atoms with van der Waals surface area (Å²) in [4.78, 5) is 2.41.